The van der Waals surface area contributed by atoms with Crippen LogP contribution in [0.4, 0.5) is 5.69 Å². The Morgan fingerprint density at radius 3 is 2.31 bits per heavy atom. The molecule has 6 aromatic rings. The maximum Gasteiger partial charge on any atom is 0.357 e. The van der Waals surface area contributed by atoms with Crippen molar-refractivity contribution < 1.29 is 23.8 Å². The van der Waals surface area contributed by atoms with Gasteiger partial charge in [-0.15, -0.1) is 10.2 Å². The zero-order valence-electron chi connectivity index (χ0n) is 22.5. The molecule has 0 spiro atoms. The number of nitrogens with zero attached hydrogens (tertiary/aromatic N) is 7. The number of hydrogen-bond donors (Lipinski definition) is 1. The van der Waals surface area contributed by atoms with Crippen molar-refractivity contribution in [2.75, 3.05) is 27.1 Å². The van der Waals surface area contributed by atoms with Gasteiger partial charge in [-0.05, 0) is 35.9 Å². The van der Waals surface area contributed by atoms with Gasteiger partial charge in [0.15, 0.2) is 11.3 Å². The Hall–Kier alpha value is -6.05. The monoisotopic (exact) mass is 566 g/mol. The summed E-state index contributed by atoms with van der Waals surface area (Å²) < 4.78 is 19.1. The number of carbonyl (C=O) groups excluding carboxylic acids is 2. The summed E-state index contributed by atoms with van der Waals surface area (Å²) in [6.07, 6.45) is 3.05. The molecule has 0 fully saturated rings. The summed E-state index contributed by atoms with van der Waals surface area (Å²) in [5.74, 6) is -0.830. The molecule has 2 N–H and O–H groups in total. The van der Waals surface area contributed by atoms with Crippen LogP contribution in [0, 0.1) is 0 Å². The van der Waals surface area contributed by atoms with E-state index < -0.39 is 11.9 Å². The van der Waals surface area contributed by atoms with E-state index in [1.54, 1.807) is 61.7 Å². The number of methoxy groups -OCH3 is 3. The fourth-order valence-electron chi connectivity index (χ4n) is 4.62. The predicted octanol–water partition coefficient (Wildman–Crippen LogP) is 1.33. The smallest absolute Gasteiger partial charge is 0.357 e. The average molecular weight is 567 g/mol. The van der Waals surface area contributed by atoms with E-state index in [9.17, 15) is 14.4 Å². The number of anilines is 1. The van der Waals surface area contributed by atoms with Gasteiger partial charge in [0.2, 0.25) is 5.78 Å². The van der Waals surface area contributed by atoms with E-state index in [0.29, 0.717) is 17.0 Å². The third kappa shape index (κ3) is 4.00. The fourth-order valence-corrected chi connectivity index (χ4v) is 4.62. The molecular weight excluding hydrogens is 544 g/mol. The standard InChI is InChI=1S/C28H22N8O6/c1-40-17-11-9-15(10-12-17)13-19-24(37)34(16-7-5-4-6-8-16)27-32-33-28(35(19)27)36-23-18(14-30-36)21(29)20(25(38)41-2)22(31-23)26(39)42-3/h4-14H,1-3H3,(H2,29,31)/b19-13+. The molecule has 0 aliphatic rings. The van der Waals surface area contributed by atoms with E-state index in [2.05, 4.69) is 20.3 Å². The molecule has 14 heteroatoms. The lowest BCUT2D eigenvalue weighted by molar-refractivity contribution is 0.0551. The number of fused-ring (bicyclic) bond motifs is 2. The summed E-state index contributed by atoms with van der Waals surface area (Å²) in [4.78, 5) is 43.4. The number of nitrogen functional groups attached to an aromatic ring is 1. The number of ether oxygens (including phenoxy) is 3. The number of rotatable bonds is 6. The van der Waals surface area contributed by atoms with Gasteiger partial charge in [-0.25, -0.2) is 23.5 Å². The third-order valence-electron chi connectivity index (χ3n) is 6.64. The SMILES string of the molecule is COC(=O)c1nc2c(cnn2-c2nnc3n(-c4ccccc4)c(=O)/c(=C\c4ccc(OC)cc4)n23)c(N)c1C(=O)OC. The molecule has 2 aromatic carbocycles. The van der Waals surface area contributed by atoms with Crippen LogP contribution in [0.15, 0.2) is 65.6 Å². The van der Waals surface area contributed by atoms with E-state index in [1.807, 2.05) is 6.07 Å². The molecule has 4 aromatic heterocycles. The van der Waals surface area contributed by atoms with Gasteiger partial charge >= 0.3 is 11.9 Å². The first kappa shape index (κ1) is 26.2. The second kappa shape index (κ2) is 10.2. The molecule has 0 bridgehead atoms. The summed E-state index contributed by atoms with van der Waals surface area (Å²) in [7, 11) is 3.87. The molecule has 0 saturated carbocycles. The number of hydrogen-bond acceptors (Lipinski definition) is 11. The molecule has 6 rings (SSSR count). The van der Waals surface area contributed by atoms with E-state index in [4.69, 9.17) is 19.9 Å². The van der Waals surface area contributed by atoms with E-state index in [1.165, 1.54) is 19.8 Å². The van der Waals surface area contributed by atoms with Gasteiger partial charge in [-0.1, -0.05) is 30.3 Å². The maximum absolute atomic E-state index is 13.9. The molecule has 0 radical (unpaired) electrons. The van der Waals surface area contributed by atoms with Crippen LogP contribution in [0.2, 0.25) is 0 Å². The highest BCUT2D eigenvalue weighted by molar-refractivity contribution is 6.11. The molecule has 0 atom stereocenters. The van der Waals surface area contributed by atoms with Crippen LogP contribution < -0.4 is 21.4 Å². The van der Waals surface area contributed by atoms with Crippen molar-refractivity contribution in [3.8, 4) is 17.4 Å². The normalized spacial score (nSPS) is 11.7. The zero-order valence-corrected chi connectivity index (χ0v) is 22.5. The van der Waals surface area contributed by atoms with Crippen LogP contribution in [-0.2, 0) is 9.47 Å². The van der Waals surface area contributed by atoms with Crippen LogP contribution in [0.1, 0.15) is 26.4 Å². The van der Waals surface area contributed by atoms with Gasteiger partial charge in [-0.2, -0.15) is 9.78 Å². The molecule has 0 unspecified atom stereocenters. The maximum atomic E-state index is 13.9. The molecule has 0 saturated heterocycles. The van der Waals surface area contributed by atoms with Gasteiger partial charge in [0.1, 0.15) is 16.7 Å². The number of imidazole rings is 1. The van der Waals surface area contributed by atoms with Crippen LogP contribution in [-0.4, -0.2) is 67.2 Å². The van der Waals surface area contributed by atoms with Crippen molar-refractivity contribution >= 4 is 40.5 Å². The molecule has 210 valence electrons. The van der Waals surface area contributed by atoms with Crippen LogP contribution in [0.25, 0.3) is 34.5 Å². The van der Waals surface area contributed by atoms with Crippen molar-refractivity contribution in [1.82, 2.24) is 33.9 Å². The molecule has 0 amide bonds. The van der Waals surface area contributed by atoms with Gasteiger partial charge < -0.3 is 19.9 Å². The van der Waals surface area contributed by atoms with E-state index >= 15 is 0 Å². The fraction of sp³-hybridized carbons (Fsp3) is 0.107. The summed E-state index contributed by atoms with van der Waals surface area (Å²) in [6.45, 7) is 0. The van der Waals surface area contributed by atoms with Crippen LogP contribution in [0.5, 0.6) is 5.75 Å². The van der Waals surface area contributed by atoms with Gasteiger partial charge in [0.05, 0.1) is 44.3 Å². The first-order chi connectivity index (χ1) is 20.4. The highest BCUT2D eigenvalue weighted by Crippen LogP contribution is 2.28. The number of esters is 2. The highest BCUT2D eigenvalue weighted by Gasteiger charge is 2.29. The van der Waals surface area contributed by atoms with Gasteiger partial charge in [0.25, 0.3) is 11.5 Å². The molecule has 0 aliphatic carbocycles. The highest BCUT2D eigenvalue weighted by atomic mass is 16.5. The number of carbonyl (C=O) groups is 2. The first-order valence-corrected chi connectivity index (χ1v) is 12.4. The Morgan fingerprint density at radius 1 is 0.929 bits per heavy atom. The minimum Gasteiger partial charge on any atom is -0.497 e. The number of pyridine rings is 1. The van der Waals surface area contributed by atoms with E-state index in [-0.39, 0.29) is 50.6 Å². The van der Waals surface area contributed by atoms with Crippen LogP contribution >= 0.6 is 0 Å². The summed E-state index contributed by atoms with van der Waals surface area (Å²) in [5.41, 5.74) is 6.60. The van der Waals surface area contributed by atoms with Gasteiger partial charge in [0, 0.05) is 0 Å². The lowest BCUT2D eigenvalue weighted by Gasteiger charge is -2.10. The minimum atomic E-state index is -0.909. The Labute approximate surface area is 236 Å². The lowest BCUT2D eigenvalue weighted by Crippen LogP contribution is -2.31. The Morgan fingerprint density at radius 2 is 1.64 bits per heavy atom. The Bertz CT molecular complexity index is 2110. The van der Waals surface area contributed by atoms with Crippen molar-refractivity contribution in [1.29, 1.82) is 0 Å². The van der Waals surface area contributed by atoms with Crippen molar-refractivity contribution in [2.45, 2.75) is 0 Å². The lowest BCUT2D eigenvalue weighted by atomic mass is 10.1. The predicted molar refractivity (Wildman–Crippen MR) is 150 cm³/mol. The average Bonchev–Trinajstić information content (AvgIpc) is 3.71. The second-order valence-electron chi connectivity index (χ2n) is 8.94. The van der Waals surface area contributed by atoms with Crippen LogP contribution in [0.3, 0.4) is 0 Å². The first-order valence-electron chi connectivity index (χ1n) is 12.4. The van der Waals surface area contributed by atoms with Crippen molar-refractivity contribution in [3.63, 3.8) is 0 Å². The molecule has 0 aliphatic heterocycles. The minimum absolute atomic E-state index is 0.0742. The van der Waals surface area contributed by atoms with Crippen molar-refractivity contribution in [2.24, 2.45) is 0 Å². The number of benzene rings is 2. The molecule has 42 heavy (non-hydrogen) atoms. The quantitative estimate of drug-likeness (QED) is 0.288. The molecule has 14 nitrogen and oxygen atoms in total. The number of para-hydroxylation sites is 1. The third-order valence-corrected chi connectivity index (χ3v) is 6.64. The number of nitrogens with two attached hydrogens (primary N) is 1. The zero-order chi connectivity index (χ0) is 29.5. The van der Waals surface area contributed by atoms with Crippen molar-refractivity contribution in [3.05, 3.63) is 93.3 Å². The largest absolute Gasteiger partial charge is 0.497 e. The second-order valence-corrected chi connectivity index (χ2v) is 8.94. The van der Waals surface area contributed by atoms with Gasteiger partial charge in [-0.3, -0.25) is 4.79 Å². The molecular formula is C28H22N8O6. The topological polar surface area (TPSA) is 171 Å². The summed E-state index contributed by atoms with van der Waals surface area (Å²) in [6, 6.07) is 16.1. The van der Waals surface area contributed by atoms with E-state index in [0.717, 1.165) is 14.2 Å². The molecule has 4 heterocycles. The number of aromatic nitrogens is 7. The Kier molecular flexibility index (Phi) is 6.34. The summed E-state index contributed by atoms with van der Waals surface area (Å²) >= 11 is 0. The Balaban J connectivity index is 1.68. The summed E-state index contributed by atoms with van der Waals surface area (Å²) in [5, 5.41) is 13.5.